The van der Waals surface area contributed by atoms with Gasteiger partial charge in [-0.3, -0.25) is 19.5 Å². The molecule has 0 radical (unpaired) electrons. The number of rotatable bonds is 4. The Hall–Kier alpha value is -4.00. The molecule has 0 atom stereocenters. The zero-order chi connectivity index (χ0) is 19.7. The molecule has 28 heavy (non-hydrogen) atoms. The molecule has 138 valence electrons. The molecule has 0 saturated heterocycles. The lowest BCUT2D eigenvalue weighted by atomic mass is 10.2. The molecule has 0 aliphatic rings. The third kappa shape index (κ3) is 3.21. The van der Waals surface area contributed by atoms with Crippen LogP contribution in [0, 0.1) is 17.0 Å². The second-order valence-electron chi connectivity index (χ2n) is 6.23. The van der Waals surface area contributed by atoms with Crippen molar-refractivity contribution in [3.05, 3.63) is 98.3 Å². The standard InChI is InChI=1S/C21H15N3O4/c1-14-5-4-6-15(13-14)23-19(11-9-16-10-12-20(28-16)24(26)27)22-18-8-3-2-7-17(18)21(23)25/h2-13H,1H3. The molecule has 0 bridgehead atoms. The maximum absolute atomic E-state index is 13.1. The Bertz CT molecular complexity index is 1280. The van der Waals surface area contributed by atoms with Crippen molar-refractivity contribution in [2.45, 2.75) is 6.92 Å². The number of nitrogens with zero attached hydrogens (tertiary/aromatic N) is 3. The average molecular weight is 373 g/mol. The van der Waals surface area contributed by atoms with Gasteiger partial charge < -0.3 is 4.42 Å². The summed E-state index contributed by atoms with van der Waals surface area (Å²) in [6.45, 7) is 1.94. The Morgan fingerprint density at radius 3 is 2.64 bits per heavy atom. The molecule has 4 aromatic rings. The van der Waals surface area contributed by atoms with Gasteiger partial charge in [-0.25, -0.2) is 4.98 Å². The van der Waals surface area contributed by atoms with Crippen molar-refractivity contribution < 1.29 is 9.34 Å². The maximum Gasteiger partial charge on any atom is 0.433 e. The number of benzene rings is 2. The summed E-state index contributed by atoms with van der Waals surface area (Å²) in [5.74, 6) is 0.348. The fourth-order valence-corrected chi connectivity index (χ4v) is 2.96. The molecule has 0 aliphatic heterocycles. The van der Waals surface area contributed by atoms with Gasteiger partial charge in [0.05, 0.1) is 22.7 Å². The summed E-state index contributed by atoms with van der Waals surface area (Å²) in [7, 11) is 0. The van der Waals surface area contributed by atoms with E-state index < -0.39 is 4.92 Å². The normalized spacial score (nSPS) is 11.3. The molecule has 7 heteroatoms. The zero-order valence-corrected chi connectivity index (χ0v) is 14.9. The van der Waals surface area contributed by atoms with Gasteiger partial charge in [-0.1, -0.05) is 24.3 Å². The molecule has 2 aromatic carbocycles. The fourth-order valence-electron chi connectivity index (χ4n) is 2.96. The minimum Gasteiger partial charge on any atom is -0.401 e. The summed E-state index contributed by atoms with van der Waals surface area (Å²) in [6.07, 6.45) is 3.16. The van der Waals surface area contributed by atoms with Crippen LogP contribution in [0.15, 0.2) is 69.9 Å². The number of furan rings is 1. The van der Waals surface area contributed by atoms with Gasteiger partial charge in [0.25, 0.3) is 5.56 Å². The van der Waals surface area contributed by atoms with Crippen molar-refractivity contribution in [1.82, 2.24) is 9.55 Å². The third-order valence-electron chi connectivity index (χ3n) is 4.25. The van der Waals surface area contributed by atoms with Gasteiger partial charge in [-0.2, -0.15) is 0 Å². The molecule has 0 fully saturated rings. The lowest BCUT2D eigenvalue weighted by molar-refractivity contribution is -0.402. The smallest absolute Gasteiger partial charge is 0.401 e. The Kier molecular flexibility index (Phi) is 4.33. The van der Waals surface area contributed by atoms with E-state index in [1.165, 1.54) is 16.7 Å². The minimum atomic E-state index is -0.603. The molecule has 2 aromatic heterocycles. The topological polar surface area (TPSA) is 91.2 Å². The summed E-state index contributed by atoms with van der Waals surface area (Å²) in [5.41, 5.74) is 2.07. The molecule has 0 unspecified atom stereocenters. The second-order valence-corrected chi connectivity index (χ2v) is 6.23. The molecule has 7 nitrogen and oxygen atoms in total. The monoisotopic (exact) mass is 373 g/mol. The van der Waals surface area contributed by atoms with Gasteiger partial charge in [-0.15, -0.1) is 0 Å². The van der Waals surface area contributed by atoms with Crippen molar-refractivity contribution in [1.29, 1.82) is 0 Å². The summed E-state index contributed by atoms with van der Waals surface area (Å²) < 4.78 is 6.67. The van der Waals surface area contributed by atoms with E-state index in [2.05, 4.69) is 4.98 Å². The van der Waals surface area contributed by atoms with E-state index in [-0.39, 0.29) is 11.4 Å². The van der Waals surface area contributed by atoms with E-state index in [4.69, 9.17) is 4.42 Å². The van der Waals surface area contributed by atoms with Gasteiger partial charge in [-0.05, 0) is 55.0 Å². The van der Waals surface area contributed by atoms with E-state index in [0.717, 1.165) is 5.56 Å². The Balaban J connectivity index is 1.90. The first-order valence-electron chi connectivity index (χ1n) is 8.54. The third-order valence-corrected chi connectivity index (χ3v) is 4.25. The maximum atomic E-state index is 13.1. The summed E-state index contributed by atoms with van der Waals surface area (Å²) in [4.78, 5) is 27.9. The van der Waals surface area contributed by atoms with E-state index in [0.29, 0.717) is 28.2 Å². The van der Waals surface area contributed by atoms with E-state index in [1.807, 2.05) is 37.3 Å². The van der Waals surface area contributed by atoms with E-state index in [1.54, 1.807) is 30.4 Å². The number of aromatic nitrogens is 2. The van der Waals surface area contributed by atoms with Crippen molar-refractivity contribution in [2.75, 3.05) is 0 Å². The van der Waals surface area contributed by atoms with Crippen molar-refractivity contribution in [3.8, 4) is 5.69 Å². The van der Waals surface area contributed by atoms with Crippen LogP contribution < -0.4 is 5.56 Å². The van der Waals surface area contributed by atoms with Crippen LogP contribution in [0.4, 0.5) is 5.88 Å². The van der Waals surface area contributed by atoms with Crippen LogP contribution in [-0.4, -0.2) is 14.5 Å². The molecule has 0 spiro atoms. The fraction of sp³-hybridized carbons (Fsp3) is 0.0476. The quantitative estimate of drug-likeness (QED) is 0.391. The highest BCUT2D eigenvalue weighted by Gasteiger charge is 2.13. The lowest BCUT2D eigenvalue weighted by Gasteiger charge is -2.12. The Morgan fingerprint density at radius 2 is 1.89 bits per heavy atom. The molecule has 0 aliphatic carbocycles. The predicted molar refractivity (Wildman–Crippen MR) is 106 cm³/mol. The average Bonchev–Trinajstić information content (AvgIpc) is 3.16. The minimum absolute atomic E-state index is 0.193. The molecule has 0 N–H and O–H groups in total. The number of nitro groups is 1. The van der Waals surface area contributed by atoms with Crippen LogP contribution in [0.3, 0.4) is 0 Å². The summed E-state index contributed by atoms with van der Waals surface area (Å²) >= 11 is 0. The molecule has 2 heterocycles. The molecular formula is C21H15N3O4. The highest BCUT2D eigenvalue weighted by molar-refractivity contribution is 5.79. The van der Waals surface area contributed by atoms with Crippen molar-refractivity contribution >= 4 is 28.9 Å². The predicted octanol–water partition coefficient (Wildman–Crippen LogP) is 4.37. The van der Waals surface area contributed by atoms with Gasteiger partial charge in [0.1, 0.15) is 16.5 Å². The van der Waals surface area contributed by atoms with Crippen LogP contribution >= 0.6 is 0 Å². The zero-order valence-electron chi connectivity index (χ0n) is 14.9. The first kappa shape index (κ1) is 17.4. The first-order valence-corrected chi connectivity index (χ1v) is 8.54. The van der Waals surface area contributed by atoms with Crippen LogP contribution in [0.2, 0.25) is 0 Å². The Morgan fingerprint density at radius 1 is 1.07 bits per heavy atom. The molecular weight excluding hydrogens is 358 g/mol. The largest absolute Gasteiger partial charge is 0.433 e. The highest BCUT2D eigenvalue weighted by atomic mass is 16.6. The Labute approximate surface area is 159 Å². The van der Waals surface area contributed by atoms with E-state index >= 15 is 0 Å². The summed E-state index contributed by atoms with van der Waals surface area (Å²) in [6, 6.07) is 17.4. The molecule has 0 amide bonds. The van der Waals surface area contributed by atoms with Gasteiger partial charge in [0.2, 0.25) is 0 Å². The first-order chi connectivity index (χ1) is 13.5. The van der Waals surface area contributed by atoms with Gasteiger partial charge in [0, 0.05) is 0 Å². The highest BCUT2D eigenvalue weighted by Crippen LogP contribution is 2.19. The van der Waals surface area contributed by atoms with Crippen LogP contribution in [0.25, 0.3) is 28.7 Å². The second kappa shape index (κ2) is 6.96. The molecule has 0 saturated carbocycles. The number of aryl methyl sites for hydroxylation is 1. The number of hydrogen-bond acceptors (Lipinski definition) is 5. The number of para-hydroxylation sites is 1. The molecule has 4 rings (SSSR count). The lowest BCUT2D eigenvalue weighted by Crippen LogP contribution is -2.22. The van der Waals surface area contributed by atoms with Gasteiger partial charge >= 0.3 is 5.88 Å². The van der Waals surface area contributed by atoms with Crippen LogP contribution in [0.5, 0.6) is 0 Å². The SMILES string of the molecule is Cc1cccc(-n2c(C=Cc3ccc([N+](=O)[O-])o3)nc3ccccc3c2=O)c1. The van der Waals surface area contributed by atoms with Crippen molar-refractivity contribution in [3.63, 3.8) is 0 Å². The van der Waals surface area contributed by atoms with Crippen LogP contribution in [0.1, 0.15) is 17.1 Å². The number of hydrogen-bond donors (Lipinski definition) is 0. The number of fused-ring (bicyclic) bond motifs is 1. The van der Waals surface area contributed by atoms with Crippen LogP contribution in [-0.2, 0) is 0 Å². The summed E-state index contributed by atoms with van der Waals surface area (Å²) in [5, 5.41) is 11.3. The van der Waals surface area contributed by atoms with Gasteiger partial charge in [0.15, 0.2) is 0 Å². The van der Waals surface area contributed by atoms with Crippen molar-refractivity contribution in [2.24, 2.45) is 0 Å². The van der Waals surface area contributed by atoms with E-state index in [9.17, 15) is 14.9 Å².